The molecule has 7 heteroatoms. The van der Waals surface area contributed by atoms with Crippen molar-refractivity contribution in [3.8, 4) is 11.6 Å². The summed E-state index contributed by atoms with van der Waals surface area (Å²) in [4.78, 5) is 31.4. The first-order chi connectivity index (χ1) is 13.3. The monoisotopic (exact) mass is 361 g/mol. The minimum Gasteiger partial charge on any atom is -0.436 e. The number of carbonyl (C=O) groups excluding carboxylic acids is 1. The summed E-state index contributed by atoms with van der Waals surface area (Å²) in [5, 5.41) is 0. The lowest BCUT2D eigenvalue weighted by molar-refractivity contribution is 0.0706. The molecule has 4 heterocycles. The second-order valence-corrected chi connectivity index (χ2v) is 6.35. The third-order valence-corrected chi connectivity index (χ3v) is 4.57. The van der Waals surface area contributed by atoms with Gasteiger partial charge in [-0.3, -0.25) is 19.7 Å². The van der Waals surface area contributed by atoms with Crippen LogP contribution in [0.3, 0.4) is 0 Å². The van der Waals surface area contributed by atoms with Crippen molar-refractivity contribution >= 4 is 5.91 Å². The van der Waals surface area contributed by atoms with Crippen LogP contribution in [0.4, 0.5) is 0 Å². The van der Waals surface area contributed by atoms with E-state index in [1.165, 1.54) is 0 Å². The van der Waals surface area contributed by atoms with Crippen LogP contribution in [0.1, 0.15) is 34.9 Å². The minimum atomic E-state index is -0.0196. The largest absolute Gasteiger partial charge is 0.436 e. The van der Waals surface area contributed by atoms with Gasteiger partial charge in [0, 0.05) is 37.6 Å². The summed E-state index contributed by atoms with van der Waals surface area (Å²) in [6.07, 6.45) is 10.0. The fourth-order valence-electron chi connectivity index (χ4n) is 3.17. The zero-order valence-corrected chi connectivity index (χ0v) is 14.7. The van der Waals surface area contributed by atoms with Crippen molar-refractivity contribution in [1.82, 2.24) is 24.8 Å². The maximum atomic E-state index is 12.5. The molecule has 1 aliphatic rings. The van der Waals surface area contributed by atoms with E-state index < -0.39 is 0 Å². The van der Waals surface area contributed by atoms with Crippen molar-refractivity contribution in [3.05, 3.63) is 72.7 Å². The standard InChI is InChI=1S/C20H19N5O2/c26-20(17-5-1-2-9-23-17)25-10-6-15(7-11-25)18-13-22-14-19(24-18)27-16-4-3-8-21-12-16/h1-5,8-9,12-15H,6-7,10-11H2. The molecule has 0 aliphatic carbocycles. The topological polar surface area (TPSA) is 81.1 Å². The Kier molecular flexibility index (Phi) is 5.00. The number of amides is 1. The van der Waals surface area contributed by atoms with Crippen LogP contribution >= 0.6 is 0 Å². The van der Waals surface area contributed by atoms with Crippen LogP contribution in [-0.4, -0.2) is 43.8 Å². The van der Waals surface area contributed by atoms with Gasteiger partial charge in [-0.25, -0.2) is 4.98 Å². The van der Waals surface area contributed by atoms with E-state index in [1.807, 2.05) is 23.1 Å². The molecule has 0 unspecified atom stereocenters. The Morgan fingerprint density at radius 1 is 1.00 bits per heavy atom. The Balaban J connectivity index is 1.40. The number of aromatic nitrogens is 4. The van der Waals surface area contributed by atoms with Gasteiger partial charge in [0.2, 0.25) is 5.88 Å². The molecule has 136 valence electrons. The maximum absolute atomic E-state index is 12.5. The number of carbonyl (C=O) groups is 1. The normalized spacial score (nSPS) is 14.7. The van der Waals surface area contributed by atoms with Gasteiger partial charge in [-0.15, -0.1) is 0 Å². The van der Waals surface area contributed by atoms with E-state index in [-0.39, 0.29) is 11.8 Å². The highest BCUT2D eigenvalue weighted by atomic mass is 16.5. The molecule has 0 bridgehead atoms. The van der Waals surface area contributed by atoms with Crippen molar-refractivity contribution in [3.63, 3.8) is 0 Å². The average molecular weight is 361 g/mol. The summed E-state index contributed by atoms with van der Waals surface area (Å²) in [7, 11) is 0. The molecular formula is C20H19N5O2. The molecule has 0 N–H and O–H groups in total. The van der Waals surface area contributed by atoms with Crippen molar-refractivity contribution in [2.45, 2.75) is 18.8 Å². The summed E-state index contributed by atoms with van der Waals surface area (Å²) in [6, 6.07) is 9.02. The molecular weight excluding hydrogens is 342 g/mol. The summed E-state index contributed by atoms with van der Waals surface area (Å²) < 4.78 is 5.72. The van der Waals surface area contributed by atoms with Crippen LogP contribution in [0.2, 0.25) is 0 Å². The number of hydrogen-bond donors (Lipinski definition) is 0. The van der Waals surface area contributed by atoms with E-state index in [9.17, 15) is 4.79 Å². The van der Waals surface area contributed by atoms with Crippen LogP contribution in [0, 0.1) is 0 Å². The van der Waals surface area contributed by atoms with Gasteiger partial charge in [-0.2, -0.15) is 0 Å². The number of rotatable bonds is 4. The third kappa shape index (κ3) is 4.08. The molecule has 0 saturated carbocycles. The molecule has 0 spiro atoms. The van der Waals surface area contributed by atoms with Crippen molar-refractivity contribution in [2.75, 3.05) is 13.1 Å². The van der Waals surface area contributed by atoms with Crippen molar-refractivity contribution in [2.24, 2.45) is 0 Å². The molecule has 1 aliphatic heterocycles. The average Bonchev–Trinajstić information content (AvgIpc) is 2.75. The Labute approximate surface area is 157 Å². The van der Waals surface area contributed by atoms with Gasteiger partial charge in [0.1, 0.15) is 11.4 Å². The van der Waals surface area contributed by atoms with Gasteiger partial charge in [0.15, 0.2) is 0 Å². The van der Waals surface area contributed by atoms with Crippen LogP contribution in [0.25, 0.3) is 0 Å². The first kappa shape index (κ1) is 17.1. The van der Waals surface area contributed by atoms with Gasteiger partial charge < -0.3 is 9.64 Å². The van der Waals surface area contributed by atoms with E-state index in [0.29, 0.717) is 30.4 Å². The quantitative estimate of drug-likeness (QED) is 0.710. The molecule has 3 aromatic heterocycles. The lowest BCUT2D eigenvalue weighted by atomic mass is 9.93. The van der Waals surface area contributed by atoms with Crippen LogP contribution in [0.5, 0.6) is 11.6 Å². The number of pyridine rings is 2. The second-order valence-electron chi connectivity index (χ2n) is 6.35. The lowest BCUT2D eigenvalue weighted by Crippen LogP contribution is -2.38. The Morgan fingerprint density at radius 3 is 2.63 bits per heavy atom. The zero-order valence-electron chi connectivity index (χ0n) is 14.7. The molecule has 3 aromatic rings. The number of hydrogen-bond acceptors (Lipinski definition) is 6. The van der Waals surface area contributed by atoms with Crippen molar-refractivity contribution in [1.29, 1.82) is 0 Å². The molecule has 4 rings (SSSR count). The summed E-state index contributed by atoms with van der Waals surface area (Å²) in [5.41, 5.74) is 1.38. The summed E-state index contributed by atoms with van der Waals surface area (Å²) >= 11 is 0. The molecule has 1 saturated heterocycles. The number of nitrogens with zero attached hydrogens (tertiary/aromatic N) is 5. The SMILES string of the molecule is O=C(c1ccccn1)N1CCC(c2cncc(Oc3cccnc3)n2)CC1. The van der Waals surface area contributed by atoms with Crippen LogP contribution in [0.15, 0.2) is 61.3 Å². The Hall–Kier alpha value is -3.35. The highest BCUT2D eigenvalue weighted by Crippen LogP contribution is 2.28. The predicted octanol–water partition coefficient (Wildman–Crippen LogP) is 3.08. The first-order valence-electron chi connectivity index (χ1n) is 8.90. The van der Waals surface area contributed by atoms with E-state index in [0.717, 1.165) is 18.5 Å². The van der Waals surface area contributed by atoms with Crippen molar-refractivity contribution < 1.29 is 9.53 Å². The maximum Gasteiger partial charge on any atom is 0.272 e. The zero-order chi connectivity index (χ0) is 18.5. The fraction of sp³-hybridized carbons (Fsp3) is 0.250. The van der Waals surface area contributed by atoms with Gasteiger partial charge >= 0.3 is 0 Å². The molecule has 0 aromatic carbocycles. The van der Waals surface area contributed by atoms with E-state index in [2.05, 4.69) is 19.9 Å². The molecule has 27 heavy (non-hydrogen) atoms. The van der Waals surface area contributed by atoms with Gasteiger partial charge in [-0.05, 0) is 37.1 Å². The van der Waals surface area contributed by atoms with E-state index >= 15 is 0 Å². The number of ether oxygens (including phenoxy) is 1. The van der Waals surface area contributed by atoms with Gasteiger partial charge in [-0.1, -0.05) is 6.07 Å². The third-order valence-electron chi connectivity index (χ3n) is 4.57. The molecule has 0 atom stereocenters. The fourth-order valence-corrected chi connectivity index (χ4v) is 3.17. The summed E-state index contributed by atoms with van der Waals surface area (Å²) in [6.45, 7) is 1.35. The lowest BCUT2D eigenvalue weighted by Gasteiger charge is -2.31. The van der Waals surface area contributed by atoms with E-state index in [4.69, 9.17) is 4.74 Å². The smallest absolute Gasteiger partial charge is 0.272 e. The van der Waals surface area contributed by atoms with Crippen LogP contribution < -0.4 is 4.74 Å². The minimum absolute atomic E-state index is 0.0196. The molecule has 1 fully saturated rings. The molecule has 0 radical (unpaired) electrons. The van der Waals surface area contributed by atoms with E-state index in [1.54, 1.807) is 43.1 Å². The number of likely N-dealkylation sites (tertiary alicyclic amines) is 1. The van der Waals surface area contributed by atoms with Crippen LogP contribution in [-0.2, 0) is 0 Å². The predicted molar refractivity (Wildman–Crippen MR) is 98.5 cm³/mol. The van der Waals surface area contributed by atoms with Gasteiger partial charge in [0.05, 0.1) is 18.1 Å². The number of piperidine rings is 1. The highest BCUT2D eigenvalue weighted by molar-refractivity contribution is 5.92. The van der Waals surface area contributed by atoms with Gasteiger partial charge in [0.25, 0.3) is 5.91 Å². The first-order valence-corrected chi connectivity index (χ1v) is 8.90. The Morgan fingerprint density at radius 2 is 1.89 bits per heavy atom. The summed E-state index contributed by atoms with van der Waals surface area (Å²) in [5.74, 6) is 1.31. The Bertz CT molecular complexity index is 897. The molecule has 1 amide bonds. The second kappa shape index (κ2) is 7.90. The molecule has 7 nitrogen and oxygen atoms in total. The highest BCUT2D eigenvalue weighted by Gasteiger charge is 2.26.